The number of pyridine rings is 4. The molecule has 8 aromatic rings. The minimum absolute atomic E-state index is 0.217. The number of terminal acetylenes is 1. The van der Waals surface area contributed by atoms with Crippen LogP contribution in [0.2, 0.25) is 0 Å². The van der Waals surface area contributed by atoms with Gasteiger partial charge in [-0.2, -0.15) is 0 Å². The van der Waals surface area contributed by atoms with Crippen LogP contribution in [0.25, 0.3) is 56.2 Å². The Labute approximate surface area is 484 Å². The minimum Gasteiger partial charge on any atom is -0.255 e. The minimum atomic E-state index is -0.241. The summed E-state index contributed by atoms with van der Waals surface area (Å²) in [6, 6.07) is 42.0. The van der Waals surface area contributed by atoms with Crippen LogP contribution in [0.1, 0.15) is 218 Å². The van der Waals surface area contributed by atoms with E-state index in [2.05, 4.69) is 148 Å². The fourth-order valence-corrected chi connectivity index (χ4v) is 14.5. The number of benzene rings is 4. The quantitative estimate of drug-likeness (QED) is 0.0714. The van der Waals surface area contributed by atoms with Crippen molar-refractivity contribution in [1.82, 2.24) is 19.9 Å². The van der Waals surface area contributed by atoms with Crippen molar-refractivity contribution in [1.29, 1.82) is 0 Å². The van der Waals surface area contributed by atoms with Gasteiger partial charge in [-0.1, -0.05) is 179 Å². The van der Waals surface area contributed by atoms with Gasteiger partial charge in [0.25, 0.3) is 0 Å². The van der Waals surface area contributed by atoms with E-state index < -0.39 is 0 Å². The normalized spacial score (nSPS) is 14.0. The van der Waals surface area contributed by atoms with Crippen LogP contribution in [0.3, 0.4) is 0 Å². The predicted octanol–water partition coefficient (Wildman–Crippen LogP) is 19.3. The highest BCUT2D eigenvalue weighted by atomic mass is 14.8. The second kappa shape index (κ2) is 24.1. The number of unbranched alkanes of at least 4 members (excludes halogenated alkanes) is 6. The average molecular weight is 1060 g/mol. The van der Waals surface area contributed by atoms with Gasteiger partial charge >= 0.3 is 0 Å². The molecule has 4 heteroatoms. The molecule has 0 fully saturated rings. The van der Waals surface area contributed by atoms with E-state index >= 15 is 0 Å². The molecule has 0 unspecified atom stereocenters. The van der Waals surface area contributed by atoms with E-state index in [0.717, 1.165) is 166 Å². The lowest BCUT2D eigenvalue weighted by molar-refractivity contribution is 0.401. The van der Waals surface area contributed by atoms with Crippen LogP contribution < -0.4 is 0 Å². The molecule has 11 rings (SSSR count). The Morgan fingerprint density at radius 1 is 0.346 bits per heavy atom. The van der Waals surface area contributed by atoms with Gasteiger partial charge in [0.1, 0.15) is 0 Å². The van der Waals surface area contributed by atoms with E-state index in [4.69, 9.17) is 16.4 Å². The van der Waals surface area contributed by atoms with Crippen LogP contribution in [-0.4, -0.2) is 19.9 Å². The topological polar surface area (TPSA) is 51.6 Å². The van der Waals surface area contributed by atoms with Gasteiger partial charge in [-0.05, 0) is 190 Å². The average Bonchev–Trinajstić information content (AvgIpc) is 1.98. The van der Waals surface area contributed by atoms with Crippen LogP contribution in [0.15, 0.2) is 140 Å². The van der Waals surface area contributed by atoms with Crippen LogP contribution >= 0.6 is 0 Å². The Morgan fingerprint density at radius 3 is 0.951 bits per heavy atom. The third-order valence-electron chi connectivity index (χ3n) is 18.3. The molecule has 0 saturated heterocycles. The summed E-state index contributed by atoms with van der Waals surface area (Å²) >= 11 is 0. The van der Waals surface area contributed by atoms with Crippen LogP contribution in [0.4, 0.5) is 0 Å². The van der Waals surface area contributed by atoms with Crippen LogP contribution in [-0.2, 0) is 16.2 Å². The summed E-state index contributed by atoms with van der Waals surface area (Å²) < 4.78 is 0. The van der Waals surface area contributed by atoms with Crippen LogP contribution in [0, 0.1) is 36.0 Å². The molecule has 406 valence electrons. The maximum absolute atomic E-state index is 6.45. The fourth-order valence-electron chi connectivity index (χ4n) is 14.5. The molecule has 81 heavy (non-hydrogen) atoms. The number of hydrogen-bond donors (Lipinski definition) is 0. The van der Waals surface area contributed by atoms with Crippen molar-refractivity contribution in [3.05, 3.63) is 201 Å². The maximum Gasteiger partial charge on any atom is 0.0887 e. The zero-order valence-electron chi connectivity index (χ0n) is 48.9. The van der Waals surface area contributed by atoms with Crippen molar-refractivity contribution in [2.45, 2.75) is 173 Å². The molecule has 3 aliphatic rings. The Hall–Kier alpha value is -7.84. The van der Waals surface area contributed by atoms with E-state index in [1.165, 1.54) is 50.1 Å². The van der Waals surface area contributed by atoms with Crippen molar-refractivity contribution in [3.63, 3.8) is 0 Å². The highest BCUT2D eigenvalue weighted by Gasteiger charge is 2.57. The fraction of sp³-hybridized carbons (Fsp3) is 0.351. The zero-order chi connectivity index (χ0) is 56.0. The Morgan fingerprint density at radius 2 is 0.654 bits per heavy atom. The molecule has 0 bridgehead atoms. The Kier molecular flexibility index (Phi) is 16.4. The molecule has 4 aromatic carbocycles. The molecule has 4 heterocycles. The second-order valence-corrected chi connectivity index (χ2v) is 23.3. The largest absolute Gasteiger partial charge is 0.255 e. The standard InChI is InChI=1S/C77H78N4/c1-8-15-41-75(42-16-9-2)62-49-54(14-7)31-36-59(62)69-72(75)70-60-37-32-55(27-29-57-34-39-67(80-52-57)65-25-21-23-47-78-65)50-63(60)77(45-19-12-5,46-20-13-6)74(70)71-61-38-33-56(51-64(61)76(73(69)71,43-17-10-3)44-18-11-4)28-30-58-35-40-68(81-53-58)66-26-22-24-48-79-66/h7,21-26,31-40,47-53H,8-13,15-20,41-46H2,1-6H3. The molecular formula is C77H78N4. The lowest BCUT2D eigenvalue weighted by Crippen LogP contribution is -2.31. The third kappa shape index (κ3) is 9.93. The smallest absolute Gasteiger partial charge is 0.0887 e. The Bertz CT molecular complexity index is 3610. The third-order valence-corrected chi connectivity index (χ3v) is 18.3. The SMILES string of the molecule is C#Cc1ccc2c(c1)C(CCCC)(CCCC)c1c-2c2c(c3c1-c1ccc(C#Cc4ccc(-c5ccccn5)nc4)cc1C3(CCCC)CCCC)-c1ccc(C#Cc3ccc(-c4ccccn4)nc3)cc1C2(CCCC)CCCC. The summed E-state index contributed by atoms with van der Waals surface area (Å²) in [5.74, 6) is 17.7. The van der Waals surface area contributed by atoms with Crippen LogP contribution in [0.5, 0.6) is 0 Å². The predicted molar refractivity (Wildman–Crippen MR) is 337 cm³/mol. The van der Waals surface area contributed by atoms with Gasteiger partial charge < -0.3 is 0 Å². The first-order valence-corrected chi connectivity index (χ1v) is 30.8. The summed E-state index contributed by atoms with van der Waals surface area (Å²) in [7, 11) is 0. The first-order chi connectivity index (χ1) is 39.8. The summed E-state index contributed by atoms with van der Waals surface area (Å²) in [6.07, 6.45) is 34.0. The molecule has 0 aliphatic heterocycles. The van der Waals surface area contributed by atoms with Gasteiger partial charge in [-0.25, -0.2) is 0 Å². The van der Waals surface area contributed by atoms with Crippen molar-refractivity contribution in [3.8, 4) is 92.2 Å². The number of nitrogens with zero attached hydrogens (tertiary/aromatic N) is 4. The summed E-state index contributed by atoms with van der Waals surface area (Å²) in [5.41, 5.74) is 25.6. The number of fused-ring (bicyclic) bond motifs is 12. The molecule has 0 atom stereocenters. The van der Waals surface area contributed by atoms with Gasteiger partial charge in [-0.15, -0.1) is 6.42 Å². The van der Waals surface area contributed by atoms with E-state index in [0.29, 0.717) is 0 Å². The molecule has 0 N–H and O–H groups in total. The monoisotopic (exact) mass is 1060 g/mol. The van der Waals surface area contributed by atoms with E-state index in [1.807, 2.05) is 73.3 Å². The van der Waals surface area contributed by atoms with Gasteiger partial charge in [0.15, 0.2) is 0 Å². The highest BCUT2D eigenvalue weighted by Crippen LogP contribution is 2.71. The summed E-state index contributed by atoms with van der Waals surface area (Å²) in [6.45, 7) is 14.3. The van der Waals surface area contributed by atoms with E-state index in [9.17, 15) is 0 Å². The maximum atomic E-state index is 6.45. The first kappa shape index (κ1) is 55.1. The van der Waals surface area contributed by atoms with Gasteiger partial charge in [-0.3, -0.25) is 19.9 Å². The molecule has 0 saturated carbocycles. The molecule has 0 spiro atoms. The molecule has 3 aliphatic carbocycles. The van der Waals surface area contributed by atoms with Crippen molar-refractivity contribution in [2.24, 2.45) is 0 Å². The Balaban J connectivity index is 1.21. The molecular weight excluding hydrogens is 981 g/mol. The number of hydrogen-bond acceptors (Lipinski definition) is 4. The molecule has 4 nitrogen and oxygen atoms in total. The van der Waals surface area contributed by atoms with Gasteiger partial charge in [0.2, 0.25) is 0 Å². The van der Waals surface area contributed by atoms with E-state index in [1.54, 1.807) is 16.7 Å². The lowest BCUT2D eigenvalue weighted by Gasteiger charge is -2.39. The van der Waals surface area contributed by atoms with Gasteiger partial charge in [0.05, 0.1) is 22.8 Å². The van der Waals surface area contributed by atoms with Crippen molar-refractivity contribution >= 4 is 0 Å². The lowest BCUT2D eigenvalue weighted by atomic mass is 9.63. The van der Waals surface area contributed by atoms with Crippen molar-refractivity contribution < 1.29 is 0 Å². The number of aromatic nitrogens is 4. The first-order valence-electron chi connectivity index (χ1n) is 30.8. The number of rotatable bonds is 20. The van der Waals surface area contributed by atoms with Gasteiger partial charge in [0, 0.05) is 68.8 Å². The van der Waals surface area contributed by atoms with E-state index in [-0.39, 0.29) is 16.2 Å². The van der Waals surface area contributed by atoms with Crippen molar-refractivity contribution in [2.75, 3.05) is 0 Å². The zero-order valence-corrected chi connectivity index (χ0v) is 48.9. The summed E-state index contributed by atoms with van der Waals surface area (Å²) in [5, 5.41) is 0. The molecule has 0 amide bonds. The molecule has 0 radical (unpaired) electrons. The summed E-state index contributed by atoms with van der Waals surface area (Å²) in [4.78, 5) is 18.7. The second-order valence-electron chi connectivity index (χ2n) is 23.3. The highest BCUT2D eigenvalue weighted by molar-refractivity contribution is 6.05. The molecule has 4 aromatic heterocycles.